The number of rotatable bonds is 4. The van der Waals surface area contributed by atoms with Crippen molar-refractivity contribution in [3.05, 3.63) is 64.2 Å². The van der Waals surface area contributed by atoms with Gasteiger partial charge in [-0.05, 0) is 48.2 Å². The summed E-state index contributed by atoms with van der Waals surface area (Å²) >= 11 is 6.46. The van der Waals surface area contributed by atoms with E-state index >= 15 is 0 Å². The van der Waals surface area contributed by atoms with Gasteiger partial charge in [-0.1, -0.05) is 23.8 Å². The molecule has 0 amide bonds. The highest BCUT2D eigenvalue weighted by molar-refractivity contribution is 6.33. The number of fused-ring (bicyclic) bond motifs is 3. The summed E-state index contributed by atoms with van der Waals surface area (Å²) in [4.78, 5) is 11.8. The predicted molar refractivity (Wildman–Crippen MR) is 104 cm³/mol. The topological polar surface area (TPSA) is 67.8 Å². The Morgan fingerprint density at radius 3 is 2.74 bits per heavy atom. The minimum Gasteiger partial charge on any atom is -0.497 e. The van der Waals surface area contributed by atoms with Crippen molar-refractivity contribution in [2.75, 3.05) is 19.5 Å². The van der Waals surface area contributed by atoms with Crippen LogP contribution in [0.15, 0.2) is 42.5 Å². The van der Waals surface area contributed by atoms with Gasteiger partial charge in [-0.15, -0.1) is 0 Å². The number of hydrogen-bond donors (Lipinski definition) is 2. The van der Waals surface area contributed by atoms with Crippen LogP contribution in [0.5, 0.6) is 11.5 Å². The first-order chi connectivity index (χ1) is 13.0. The second-order valence-corrected chi connectivity index (χ2v) is 7.18. The number of carboxylic acids is 1. The predicted octanol–water partition coefficient (Wildman–Crippen LogP) is 4.88. The van der Waals surface area contributed by atoms with Gasteiger partial charge in [-0.3, -0.25) is 0 Å². The highest BCUT2D eigenvalue weighted by Crippen LogP contribution is 2.54. The van der Waals surface area contributed by atoms with E-state index in [2.05, 4.69) is 17.5 Å². The van der Waals surface area contributed by atoms with Gasteiger partial charge in [-0.2, -0.15) is 0 Å². The van der Waals surface area contributed by atoms with Crippen LogP contribution in [0.1, 0.15) is 39.9 Å². The van der Waals surface area contributed by atoms with Gasteiger partial charge in [0.2, 0.25) is 0 Å². The molecule has 0 fully saturated rings. The molecule has 5 nitrogen and oxygen atoms in total. The lowest BCUT2D eigenvalue weighted by molar-refractivity contribution is 0.0695. The molecule has 2 aromatic carbocycles. The number of halogens is 1. The number of benzene rings is 2. The van der Waals surface area contributed by atoms with Crippen molar-refractivity contribution >= 4 is 23.3 Å². The Balaban J connectivity index is 1.89. The zero-order valence-corrected chi connectivity index (χ0v) is 15.8. The smallest absolute Gasteiger partial charge is 0.336 e. The van der Waals surface area contributed by atoms with Gasteiger partial charge < -0.3 is 19.9 Å². The number of anilines is 1. The van der Waals surface area contributed by atoms with E-state index in [4.69, 9.17) is 21.1 Å². The van der Waals surface area contributed by atoms with E-state index in [9.17, 15) is 9.90 Å². The molecule has 27 heavy (non-hydrogen) atoms. The van der Waals surface area contributed by atoms with E-state index in [1.807, 2.05) is 18.2 Å². The van der Waals surface area contributed by atoms with E-state index in [-0.39, 0.29) is 17.9 Å². The average Bonchev–Trinajstić information content (AvgIpc) is 3.17. The maximum Gasteiger partial charge on any atom is 0.336 e. The highest BCUT2D eigenvalue weighted by atomic mass is 35.5. The normalized spacial score (nSPS) is 22.6. The molecule has 140 valence electrons. The molecule has 0 radical (unpaired) electrons. The SMILES string of the molecule is COc1ccc(OC)c([C@@H]2Nc3c(Cl)ccc(C(=O)O)c3C3C=CCC32)c1. The fraction of sp³-hybridized carbons (Fsp3) is 0.286. The Morgan fingerprint density at radius 1 is 1.22 bits per heavy atom. The van der Waals surface area contributed by atoms with Crippen molar-refractivity contribution in [2.45, 2.75) is 18.4 Å². The molecule has 0 saturated carbocycles. The Morgan fingerprint density at radius 2 is 2.04 bits per heavy atom. The summed E-state index contributed by atoms with van der Waals surface area (Å²) in [5.74, 6) is 0.697. The van der Waals surface area contributed by atoms with Crippen LogP contribution in [0.4, 0.5) is 5.69 Å². The maximum atomic E-state index is 11.8. The Labute approximate surface area is 162 Å². The largest absolute Gasteiger partial charge is 0.497 e. The molecule has 4 rings (SSSR count). The van der Waals surface area contributed by atoms with Crippen molar-refractivity contribution in [3.8, 4) is 11.5 Å². The summed E-state index contributed by atoms with van der Waals surface area (Å²) in [6, 6.07) is 8.85. The van der Waals surface area contributed by atoms with Gasteiger partial charge in [0.05, 0.1) is 36.5 Å². The number of aromatic carboxylic acids is 1. The van der Waals surface area contributed by atoms with Crippen LogP contribution >= 0.6 is 11.6 Å². The molecule has 1 aliphatic carbocycles. The zero-order chi connectivity index (χ0) is 19.1. The second-order valence-electron chi connectivity index (χ2n) is 6.77. The first kappa shape index (κ1) is 17.7. The van der Waals surface area contributed by atoms with E-state index in [0.29, 0.717) is 16.3 Å². The molecule has 2 aliphatic rings. The fourth-order valence-corrected chi connectivity index (χ4v) is 4.47. The molecule has 0 bridgehead atoms. The van der Waals surface area contributed by atoms with Crippen LogP contribution in [0, 0.1) is 5.92 Å². The lowest BCUT2D eigenvalue weighted by atomic mass is 9.75. The van der Waals surface area contributed by atoms with Crippen molar-refractivity contribution in [3.63, 3.8) is 0 Å². The van der Waals surface area contributed by atoms with E-state index in [0.717, 1.165) is 29.0 Å². The van der Waals surface area contributed by atoms with Crippen LogP contribution in [0.3, 0.4) is 0 Å². The third-order valence-electron chi connectivity index (χ3n) is 5.47. The van der Waals surface area contributed by atoms with Crippen LogP contribution < -0.4 is 14.8 Å². The number of ether oxygens (including phenoxy) is 2. The first-order valence-corrected chi connectivity index (χ1v) is 9.13. The molecule has 3 atom stereocenters. The Kier molecular flexibility index (Phi) is 4.48. The highest BCUT2D eigenvalue weighted by Gasteiger charge is 2.41. The lowest BCUT2D eigenvalue weighted by Gasteiger charge is -2.39. The molecular formula is C21H20ClNO4. The van der Waals surface area contributed by atoms with Crippen molar-refractivity contribution in [1.82, 2.24) is 0 Å². The molecule has 2 unspecified atom stereocenters. The standard InChI is InChI=1S/C21H20ClNO4/c1-26-11-6-9-17(27-2)15(10-11)19-13-5-3-4-12(13)18-14(21(24)25)7-8-16(22)20(18)23-19/h3-4,6-10,12-13,19,23H,5H2,1-2H3,(H,24,25)/t12?,13?,19-/m1/s1. The summed E-state index contributed by atoms with van der Waals surface area (Å²) in [5, 5.41) is 13.7. The van der Waals surface area contributed by atoms with Crippen LogP contribution in [0.25, 0.3) is 0 Å². The number of hydrogen-bond acceptors (Lipinski definition) is 4. The van der Waals surface area contributed by atoms with Gasteiger partial charge in [0.1, 0.15) is 11.5 Å². The van der Waals surface area contributed by atoms with Crippen LogP contribution in [-0.2, 0) is 0 Å². The molecule has 2 aromatic rings. The quantitative estimate of drug-likeness (QED) is 0.734. The Bertz CT molecular complexity index is 940. The van der Waals surface area contributed by atoms with Gasteiger partial charge in [0.25, 0.3) is 0 Å². The first-order valence-electron chi connectivity index (χ1n) is 8.76. The van der Waals surface area contributed by atoms with Gasteiger partial charge >= 0.3 is 5.97 Å². The molecular weight excluding hydrogens is 366 g/mol. The van der Waals surface area contributed by atoms with E-state index in [1.54, 1.807) is 26.4 Å². The number of allylic oxidation sites excluding steroid dienone is 2. The minimum atomic E-state index is -0.943. The molecule has 6 heteroatoms. The van der Waals surface area contributed by atoms with E-state index < -0.39 is 5.97 Å². The van der Waals surface area contributed by atoms with Crippen LogP contribution in [-0.4, -0.2) is 25.3 Å². The maximum absolute atomic E-state index is 11.8. The molecule has 1 heterocycles. The van der Waals surface area contributed by atoms with Gasteiger partial charge in [-0.25, -0.2) is 4.79 Å². The number of nitrogens with one attached hydrogen (secondary N) is 1. The second kappa shape index (κ2) is 6.82. The summed E-state index contributed by atoms with van der Waals surface area (Å²) in [6.45, 7) is 0. The van der Waals surface area contributed by atoms with E-state index in [1.165, 1.54) is 0 Å². The lowest BCUT2D eigenvalue weighted by Crippen LogP contribution is -2.31. The number of carboxylic acid groups (broad SMARTS) is 1. The number of methoxy groups -OCH3 is 2. The van der Waals surface area contributed by atoms with Crippen molar-refractivity contribution in [1.29, 1.82) is 0 Å². The molecule has 0 spiro atoms. The third-order valence-corrected chi connectivity index (χ3v) is 5.79. The average molecular weight is 386 g/mol. The monoisotopic (exact) mass is 385 g/mol. The summed E-state index contributed by atoms with van der Waals surface area (Å²) in [6.07, 6.45) is 5.04. The van der Waals surface area contributed by atoms with Crippen molar-refractivity contribution in [2.24, 2.45) is 5.92 Å². The summed E-state index contributed by atoms with van der Waals surface area (Å²) < 4.78 is 11.0. The number of carbonyl (C=O) groups is 1. The van der Waals surface area contributed by atoms with Crippen molar-refractivity contribution < 1.29 is 19.4 Å². The molecule has 1 aliphatic heterocycles. The van der Waals surface area contributed by atoms with Gasteiger partial charge in [0.15, 0.2) is 0 Å². The third kappa shape index (κ3) is 2.82. The molecule has 0 aromatic heterocycles. The summed E-state index contributed by atoms with van der Waals surface area (Å²) in [5.41, 5.74) is 2.70. The Hall–Kier alpha value is -2.66. The molecule has 0 saturated heterocycles. The zero-order valence-electron chi connectivity index (χ0n) is 15.0. The molecule has 2 N–H and O–H groups in total. The summed E-state index contributed by atoms with van der Waals surface area (Å²) in [7, 11) is 3.27. The van der Waals surface area contributed by atoms with Gasteiger partial charge in [0, 0.05) is 11.5 Å². The fourth-order valence-electron chi connectivity index (χ4n) is 4.25. The van der Waals surface area contributed by atoms with Crippen LogP contribution in [0.2, 0.25) is 5.02 Å². The minimum absolute atomic E-state index is 0.0213.